The number of halogens is 1. The van der Waals surface area contributed by atoms with Gasteiger partial charge in [-0.3, -0.25) is 19.5 Å². The predicted molar refractivity (Wildman–Crippen MR) is 88.8 cm³/mol. The second-order valence-electron chi connectivity index (χ2n) is 6.20. The molecule has 1 saturated heterocycles. The Bertz CT molecular complexity index is 571. The number of guanidine groups is 1. The molecule has 3 aliphatic rings. The van der Waals surface area contributed by atoms with E-state index in [-0.39, 0.29) is 35.5 Å². The molecule has 2 N–H and O–H groups in total. The minimum atomic E-state index is -0.130. The van der Waals surface area contributed by atoms with Crippen LogP contribution in [0.3, 0.4) is 0 Å². The molecule has 2 fully saturated rings. The van der Waals surface area contributed by atoms with E-state index in [1.165, 1.54) is 4.90 Å². The number of nitrogens with zero attached hydrogens (tertiary/aromatic N) is 2. The van der Waals surface area contributed by atoms with Gasteiger partial charge in [0.05, 0.1) is 18.4 Å². The highest BCUT2D eigenvalue weighted by molar-refractivity contribution is 6.29. The molecule has 0 spiro atoms. The van der Waals surface area contributed by atoms with Crippen LogP contribution in [-0.4, -0.2) is 49.4 Å². The van der Waals surface area contributed by atoms with Gasteiger partial charge in [0, 0.05) is 25.2 Å². The van der Waals surface area contributed by atoms with Crippen LogP contribution in [0.4, 0.5) is 0 Å². The maximum Gasteiger partial charge on any atom is 0.233 e. The van der Waals surface area contributed by atoms with Crippen molar-refractivity contribution in [1.82, 2.24) is 15.5 Å². The summed E-state index contributed by atoms with van der Waals surface area (Å²) in [6.45, 7) is 4.80. The lowest BCUT2D eigenvalue weighted by molar-refractivity contribution is -0.140. The van der Waals surface area contributed by atoms with Crippen LogP contribution in [0, 0.1) is 23.7 Å². The van der Waals surface area contributed by atoms with Gasteiger partial charge in [-0.1, -0.05) is 30.3 Å². The van der Waals surface area contributed by atoms with Crippen LogP contribution in [0.15, 0.2) is 28.8 Å². The number of imide groups is 1. The minimum Gasteiger partial charge on any atom is -0.355 e. The van der Waals surface area contributed by atoms with Crippen molar-refractivity contribution in [2.75, 3.05) is 26.7 Å². The maximum absolute atomic E-state index is 12.5. The van der Waals surface area contributed by atoms with Crippen molar-refractivity contribution in [3.8, 4) is 0 Å². The molecular formula is C16H21ClN4O2. The van der Waals surface area contributed by atoms with E-state index in [1.807, 2.05) is 0 Å². The monoisotopic (exact) mass is 336 g/mol. The first-order valence-corrected chi connectivity index (χ1v) is 8.22. The van der Waals surface area contributed by atoms with Crippen LogP contribution in [-0.2, 0) is 9.59 Å². The number of fused-ring (bicyclic) bond motifs is 5. The third kappa shape index (κ3) is 2.87. The van der Waals surface area contributed by atoms with Crippen LogP contribution in [0.25, 0.3) is 0 Å². The maximum atomic E-state index is 12.5. The lowest BCUT2D eigenvalue weighted by atomic mass is 9.85. The molecule has 0 aromatic carbocycles. The zero-order valence-corrected chi connectivity index (χ0v) is 13.8. The fourth-order valence-electron chi connectivity index (χ4n) is 3.87. The van der Waals surface area contributed by atoms with Gasteiger partial charge in [0.15, 0.2) is 5.96 Å². The van der Waals surface area contributed by atoms with Crippen LogP contribution in [0.1, 0.15) is 6.42 Å². The van der Waals surface area contributed by atoms with E-state index in [9.17, 15) is 9.59 Å². The summed E-state index contributed by atoms with van der Waals surface area (Å²) in [6.07, 6.45) is 5.16. The normalized spacial score (nSPS) is 31.7. The Morgan fingerprint density at radius 2 is 1.91 bits per heavy atom. The quantitative estimate of drug-likeness (QED) is 0.336. The second-order valence-corrected chi connectivity index (χ2v) is 6.73. The molecule has 2 bridgehead atoms. The Kier molecular flexibility index (Phi) is 4.43. The Balaban J connectivity index is 1.53. The van der Waals surface area contributed by atoms with E-state index in [1.54, 1.807) is 7.05 Å². The van der Waals surface area contributed by atoms with Gasteiger partial charge >= 0.3 is 0 Å². The number of amides is 2. The molecule has 6 nitrogen and oxygen atoms in total. The number of hydrogen-bond acceptors (Lipinski definition) is 3. The number of allylic oxidation sites excluding steroid dienone is 2. The molecule has 0 radical (unpaired) electrons. The molecule has 1 saturated carbocycles. The van der Waals surface area contributed by atoms with Gasteiger partial charge < -0.3 is 10.6 Å². The summed E-state index contributed by atoms with van der Waals surface area (Å²) in [5.41, 5.74) is 0. The molecular weight excluding hydrogens is 316 g/mol. The minimum absolute atomic E-state index is 0.0178. The number of rotatable bonds is 5. The zero-order valence-electron chi connectivity index (χ0n) is 13.1. The molecule has 4 atom stereocenters. The smallest absolute Gasteiger partial charge is 0.233 e. The number of carbonyl (C=O) groups is 2. The van der Waals surface area contributed by atoms with Crippen molar-refractivity contribution >= 4 is 29.4 Å². The zero-order chi connectivity index (χ0) is 16.6. The Hall–Kier alpha value is -1.82. The van der Waals surface area contributed by atoms with Gasteiger partial charge in [0.2, 0.25) is 11.8 Å². The van der Waals surface area contributed by atoms with E-state index in [2.05, 4.69) is 34.4 Å². The Morgan fingerprint density at radius 3 is 2.43 bits per heavy atom. The number of aliphatic imine (C=N–C) groups is 1. The molecule has 124 valence electrons. The molecule has 2 amide bonds. The van der Waals surface area contributed by atoms with Crippen LogP contribution >= 0.6 is 11.6 Å². The first-order chi connectivity index (χ1) is 11.0. The van der Waals surface area contributed by atoms with Crippen molar-refractivity contribution in [2.45, 2.75) is 6.42 Å². The summed E-state index contributed by atoms with van der Waals surface area (Å²) in [4.78, 5) is 30.5. The second kappa shape index (κ2) is 6.35. The van der Waals surface area contributed by atoms with Gasteiger partial charge in [0.1, 0.15) is 0 Å². The number of hydrogen-bond donors (Lipinski definition) is 2. The summed E-state index contributed by atoms with van der Waals surface area (Å²) in [5.74, 6) is 0.774. The highest BCUT2D eigenvalue weighted by atomic mass is 35.5. The van der Waals surface area contributed by atoms with Crippen LogP contribution in [0.2, 0.25) is 0 Å². The first kappa shape index (κ1) is 16.1. The van der Waals surface area contributed by atoms with E-state index in [0.717, 1.165) is 6.42 Å². The topological polar surface area (TPSA) is 73.8 Å². The van der Waals surface area contributed by atoms with Crippen molar-refractivity contribution < 1.29 is 9.59 Å². The molecule has 0 aromatic rings. The molecule has 0 aromatic heterocycles. The Labute approximate surface area is 140 Å². The van der Waals surface area contributed by atoms with Crippen molar-refractivity contribution in [2.24, 2.45) is 28.7 Å². The highest BCUT2D eigenvalue weighted by Crippen LogP contribution is 2.52. The Morgan fingerprint density at radius 1 is 1.30 bits per heavy atom. The van der Waals surface area contributed by atoms with Crippen LogP contribution in [0.5, 0.6) is 0 Å². The van der Waals surface area contributed by atoms with E-state index >= 15 is 0 Å². The van der Waals surface area contributed by atoms with Gasteiger partial charge in [-0.25, -0.2) is 0 Å². The van der Waals surface area contributed by atoms with Gasteiger partial charge in [-0.15, -0.1) is 0 Å². The van der Waals surface area contributed by atoms with E-state index < -0.39 is 0 Å². The summed E-state index contributed by atoms with van der Waals surface area (Å²) in [6, 6.07) is 0. The van der Waals surface area contributed by atoms with Gasteiger partial charge in [0.25, 0.3) is 0 Å². The molecule has 1 heterocycles. The first-order valence-electron chi connectivity index (χ1n) is 7.84. The molecule has 7 heteroatoms. The van der Waals surface area contributed by atoms with Crippen molar-refractivity contribution in [3.05, 3.63) is 23.8 Å². The average molecular weight is 337 g/mol. The summed E-state index contributed by atoms with van der Waals surface area (Å²) in [7, 11) is 1.65. The molecule has 4 unspecified atom stereocenters. The number of likely N-dealkylation sites (tertiary alicyclic amines) is 1. The van der Waals surface area contributed by atoms with Crippen molar-refractivity contribution in [3.63, 3.8) is 0 Å². The van der Waals surface area contributed by atoms with E-state index in [4.69, 9.17) is 11.6 Å². The number of nitrogens with one attached hydrogen (secondary N) is 2. The molecule has 23 heavy (non-hydrogen) atoms. The summed E-state index contributed by atoms with van der Waals surface area (Å²) in [5, 5.41) is 6.54. The third-order valence-electron chi connectivity index (χ3n) is 4.86. The fourth-order valence-corrected chi connectivity index (χ4v) is 3.94. The average Bonchev–Trinajstić information content (AvgIpc) is 3.19. The predicted octanol–water partition coefficient (Wildman–Crippen LogP) is 0.711. The highest BCUT2D eigenvalue weighted by Gasteiger charge is 2.58. The third-order valence-corrected chi connectivity index (χ3v) is 4.99. The number of carbonyl (C=O) groups excluding carboxylic acids is 2. The molecule has 2 aliphatic carbocycles. The summed E-state index contributed by atoms with van der Waals surface area (Å²) >= 11 is 5.70. The molecule has 3 rings (SSSR count). The fraction of sp³-hybridized carbons (Fsp3) is 0.562. The molecule has 1 aliphatic heterocycles. The summed E-state index contributed by atoms with van der Waals surface area (Å²) < 4.78 is 0. The lowest BCUT2D eigenvalue weighted by Crippen LogP contribution is -2.43. The van der Waals surface area contributed by atoms with Gasteiger partial charge in [-0.05, 0) is 18.3 Å². The lowest BCUT2D eigenvalue weighted by Gasteiger charge is -2.18. The van der Waals surface area contributed by atoms with Gasteiger partial charge in [-0.2, -0.15) is 0 Å². The largest absolute Gasteiger partial charge is 0.355 e. The van der Waals surface area contributed by atoms with Crippen LogP contribution < -0.4 is 10.6 Å². The standard InChI is InChI=1S/C16H21ClN4O2/c1-9(17)8-20-16(18-2)19-5-6-21-14(22)12-10-3-4-11(7-10)13(12)15(21)23/h3-4,10-13H,1,5-8H2,2H3,(H2,18,19,20). The van der Waals surface area contributed by atoms with E-state index in [0.29, 0.717) is 30.6 Å². The van der Waals surface area contributed by atoms with Crippen molar-refractivity contribution in [1.29, 1.82) is 0 Å². The SMILES string of the molecule is C=C(Cl)CNC(=NC)NCCN1C(=O)C2C3C=CC(C3)C2C1=O.